The summed E-state index contributed by atoms with van der Waals surface area (Å²) < 4.78 is 0. The largest absolute Gasteiger partial charge is 0.395 e. The number of aliphatic hydroxyl groups is 1. The van der Waals surface area contributed by atoms with E-state index in [-0.39, 0.29) is 0 Å². The molecule has 0 atom stereocenters. The summed E-state index contributed by atoms with van der Waals surface area (Å²) in [6, 6.07) is 5.05. The predicted molar refractivity (Wildman–Crippen MR) is 73.6 cm³/mol. The molecule has 1 aromatic heterocycles. The van der Waals surface area contributed by atoms with Crippen LogP contribution in [0, 0.1) is 0 Å². The fraction of sp³-hybridized carbons (Fsp3) is 0.714. The summed E-state index contributed by atoms with van der Waals surface area (Å²) in [5.74, 6) is 0. The molecule has 0 aliphatic heterocycles. The Kier molecular flexibility index (Phi) is 5.49. The number of hydrogen-bond donors (Lipinski definition) is 1. The lowest BCUT2D eigenvalue weighted by atomic mass is 9.94. The predicted octanol–water partition coefficient (Wildman–Crippen LogP) is 2.92. The van der Waals surface area contributed by atoms with Gasteiger partial charge in [-0.3, -0.25) is 4.90 Å². The van der Waals surface area contributed by atoms with Crippen molar-refractivity contribution in [3.05, 3.63) is 22.4 Å². The first kappa shape index (κ1) is 13.1. The van der Waals surface area contributed by atoms with Crippen LogP contribution in [0.3, 0.4) is 0 Å². The fourth-order valence-corrected chi connectivity index (χ4v) is 3.46. The van der Waals surface area contributed by atoms with E-state index < -0.39 is 0 Å². The van der Waals surface area contributed by atoms with Gasteiger partial charge in [0.2, 0.25) is 0 Å². The molecule has 0 aromatic carbocycles. The minimum Gasteiger partial charge on any atom is -0.395 e. The highest BCUT2D eigenvalue weighted by Crippen LogP contribution is 2.23. The Morgan fingerprint density at radius 2 is 2.06 bits per heavy atom. The molecule has 0 amide bonds. The third-order valence-electron chi connectivity index (χ3n) is 3.70. The summed E-state index contributed by atoms with van der Waals surface area (Å²) in [5.41, 5.74) is 0. The molecule has 1 heterocycles. The Bertz CT molecular complexity index is 293. The SMILES string of the molecule is OCCN(CCc1cccs1)C1CCCCC1. The Labute approximate surface area is 108 Å². The average Bonchev–Trinajstić information content (AvgIpc) is 2.88. The van der Waals surface area contributed by atoms with Gasteiger partial charge in [0.15, 0.2) is 0 Å². The molecule has 0 radical (unpaired) electrons. The summed E-state index contributed by atoms with van der Waals surface area (Å²) in [5, 5.41) is 11.3. The van der Waals surface area contributed by atoms with Gasteiger partial charge in [-0.1, -0.05) is 25.3 Å². The second-order valence-electron chi connectivity index (χ2n) is 4.88. The molecule has 1 aliphatic carbocycles. The van der Waals surface area contributed by atoms with Crippen LogP contribution in [0.15, 0.2) is 17.5 Å². The summed E-state index contributed by atoms with van der Waals surface area (Å²) in [6.45, 7) is 2.24. The van der Waals surface area contributed by atoms with Gasteiger partial charge in [0.1, 0.15) is 0 Å². The zero-order valence-corrected chi connectivity index (χ0v) is 11.3. The van der Waals surface area contributed by atoms with Crippen molar-refractivity contribution in [2.24, 2.45) is 0 Å². The number of rotatable bonds is 6. The minimum atomic E-state index is 0.293. The molecule has 96 valence electrons. The first-order chi connectivity index (χ1) is 8.40. The van der Waals surface area contributed by atoms with Crippen LogP contribution >= 0.6 is 11.3 Å². The van der Waals surface area contributed by atoms with Gasteiger partial charge in [-0.2, -0.15) is 0 Å². The van der Waals surface area contributed by atoms with Gasteiger partial charge in [0.25, 0.3) is 0 Å². The minimum absolute atomic E-state index is 0.293. The molecule has 1 aliphatic rings. The lowest BCUT2D eigenvalue weighted by Crippen LogP contribution is -2.39. The van der Waals surface area contributed by atoms with E-state index in [0.29, 0.717) is 6.61 Å². The van der Waals surface area contributed by atoms with E-state index in [9.17, 15) is 5.11 Å². The topological polar surface area (TPSA) is 23.5 Å². The summed E-state index contributed by atoms with van der Waals surface area (Å²) in [4.78, 5) is 3.96. The van der Waals surface area contributed by atoms with E-state index in [1.165, 1.54) is 37.0 Å². The molecular formula is C14H23NOS. The molecule has 3 heteroatoms. The van der Waals surface area contributed by atoms with E-state index >= 15 is 0 Å². The molecule has 0 unspecified atom stereocenters. The highest BCUT2D eigenvalue weighted by Gasteiger charge is 2.20. The summed E-state index contributed by atoms with van der Waals surface area (Å²) in [7, 11) is 0. The Balaban J connectivity index is 1.82. The van der Waals surface area contributed by atoms with E-state index in [4.69, 9.17) is 0 Å². The normalized spacial score (nSPS) is 17.8. The van der Waals surface area contributed by atoms with Crippen LogP contribution in [-0.4, -0.2) is 35.7 Å². The highest BCUT2D eigenvalue weighted by atomic mass is 32.1. The van der Waals surface area contributed by atoms with Crippen molar-refractivity contribution in [2.45, 2.75) is 44.6 Å². The molecule has 1 N–H and O–H groups in total. The molecule has 17 heavy (non-hydrogen) atoms. The quantitative estimate of drug-likeness (QED) is 0.842. The van der Waals surface area contributed by atoms with Crippen molar-refractivity contribution in [3.8, 4) is 0 Å². The number of aliphatic hydroxyl groups excluding tert-OH is 1. The number of hydrogen-bond acceptors (Lipinski definition) is 3. The first-order valence-electron chi connectivity index (χ1n) is 6.77. The van der Waals surface area contributed by atoms with Gasteiger partial charge < -0.3 is 5.11 Å². The maximum atomic E-state index is 9.19. The maximum absolute atomic E-state index is 9.19. The molecule has 2 rings (SSSR count). The third-order valence-corrected chi connectivity index (χ3v) is 4.64. The Morgan fingerprint density at radius 1 is 1.24 bits per heavy atom. The molecule has 0 spiro atoms. The molecule has 1 saturated carbocycles. The molecule has 0 saturated heterocycles. The first-order valence-corrected chi connectivity index (χ1v) is 7.65. The molecular weight excluding hydrogens is 230 g/mol. The van der Waals surface area contributed by atoms with Crippen molar-refractivity contribution in [3.63, 3.8) is 0 Å². The molecule has 0 bridgehead atoms. The van der Waals surface area contributed by atoms with Crippen LogP contribution in [0.4, 0.5) is 0 Å². The van der Waals surface area contributed by atoms with E-state index in [0.717, 1.165) is 25.6 Å². The lowest BCUT2D eigenvalue weighted by Gasteiger charge is -2.33. The van der Waals surface area contributed by atoms with Gasteiger partial charge in [-0.15, -0.1) is 11.3 Å². The summed E-state index contributed by atoms with van der Waals surface area (Å²) in [6.07, 6.45) is 7.91. The van der Waals surface area contributed by atoms with Crippen LogP contribution < -0.4 is 0 Å². The van der Waals surface area contributed by atoms with Crippen molar-refractivity contribution >= 4 is 11.3 Å². The molecule has 2 nitrogen and oxygen atoms in total. The second kappa shape index (κ2) is 7.14. The fourth-order valence-electron chi connectivity index (χ4n) is 2.76. The molecule has 1 fully saturated rings. The van der Waals surface area contributed by atoms with Gasteiger partial charge in [0, 0.05) is 24.0 Å². The van der Waals surface area contributed by atoms with Gasteiger partial charge in [-0.05, 0) is 30.7 Å². The van der Waals surface area contributed by atoms with Gasteiger partial charge in [-0.25, -0.2) is 0 Å². The zero-order valence-electron chi connectivity index (χ0n) is 10.5. The van der Waals surface area contributed by atoms with Crippen molar-refractivity contribution in [1.82, 2.24) is 4.90 Å². The van der Waals surface area contributed by atoms with E-state index in [2.05, 4.69) is 22.4 Å². The van der Waals surface area contributed by atoms with E-state index in [1.807, 2.05) is 11.3 Å². The van der Waals surface area contributed by atoms with Crippen molar-refractivity contribution in [2.75, 3.05) is 19.7 Å². The smallest absolute Gasteiger partial charge is 0.0558 e. The van der Waals surface area contributed by atoms with Crippen molar-refractivity contribution in [1.29, 1.82) is 0 Å². The highest BCUT2D eigenvalue weighted by molar-refractivity contribution is 7.09. The zero-order chi connectivity index (χ0) is 11.9. The van der Waals surface area contributed by atoms with E-state index in [1.54, 1.807) is 0 Å². The average molecular weight is 253 g/mol. The van der Waals surface area contributed by atoms with Crippen LogP contribution in [0.25, 0.3) is 0 Å². The lowest BCUT2D eigenvalue weighted by molar-refractivity contribution is 0.125. The van der Waals surface area contributed by atoms with Crippen LogP contribution in [0.2, 0.25) is 0 Å². The van der Waals surface area contributed by atoms with Crippen molar-refractivity contribution < 1.29 is 5.11 Å². The third kappa shape index (κ3) is 4.09. The van der Waals surface area contributed by atoms with Crippen LogP contribution in [-0.2, 0) is 6.42 Å². The second-order valence-corrected chi connectivity index (χ2v) is 5.91. The van der Waals surface area contributed by atoms with Crippen LogP contribution in [0.1, 0.15) is 37.0 Å². The number of nitrogens with zero attached hydrogens (tertiary/aromatic N) is 1. The van der Waals surface area contributed by atoms with Crippen LogP contribution in [0.5, 0.6) is 0 Å². The molecule has 1 aromatic rings. The Morgan fingerprint density at radius 3 is 2.71 bits per heavy atom. The monoisotopic (exact) mass is 253 g/mol. The maximum Gasteiger partial charge on any atom is 0.0558 e. The van der Waals surface area contributed by atoms with Gasteiger partial charge in [0.05, 0.1) is 6.61 Å². The summed E-state index contributed by atoms with van der Waals surface area (Å²) >= 11 is 1.84. The van der Waals surface area contributed by atoms with Gasteiger partial charge >= 0.3 is 0 Å². The number of thiophene rings is 1. The Hall–Kier alpha value is -0.380. The standard InChI is InChI=1S/C14H23NOS/c16-11-10-15(13-5-2-1-3-6-13)9-8-14-7-4-12-17-14/h4,7,12-13,16H,1-3,5-6,8-11H2.